The molecule has 0 aromatic rings. The second-order valence-corrected chi connectivity index (χ2v) is 14.7. The molecule has 0 radical (unpaired) electrons. The Bertz CT molecular complexity index is 453. The Kier molecular flexibility index (Phi) is 37.2. The summed E-state index contributed by atoms with van der Waals surface area (Å²) in [6.07, 6.45) is 53.3. The predicted molar refractivity (Wildman–Crippen MR) is 196 cm³/mol. The second-order valence-electron chi connectivity index (χ2n) is 14.7. The summed E-state index contributed by atoms with van der Waals surface area (Å²) in [6.45, 7) is 9.35. The van der Waals surface area contributed by atoms with Gasteiger partial charge in [0.15, 0.2) is 0 Å². The predicted octanol–water partition coefficient (Wildman–Crippen LogP) is 16.3. The molecule has 0 nitrogen and oxygen atoms in total. The summed E-state index contributed by atoms with van der Waals surface area (Å²) in [6, 6.07) is 0. The molecular formula is C42H86. The SMILES string of the molecule is CCCCCCCCCCC(CCCCCC)CCCCCCCC(CCCCCCC)CCCCCCCCCC. The Balaban J connectivity index is 4.13. The van der Waals surface area contributed by atoms with Gasteiger partial charge >= 0.3 is 0 Å². The normalized spacial score (nSPS) is 13.1. The highest BCUT2D eigenvalue weighted by atomic mass is 14.2. The molecule has 0 rings (SSSR count). The fourth-order valence-electron chi connectivity index (χ4n) is 7.29. The van der Waals surface area contributed by atoms with Crippen molar-refractivity contribution < 1.29 is 0 Å². The van der Waals surface area contributed by atoms with Gasteiger partial charge in [0.2, 0.25) is 0 Å². The maximum absolute atomic E-state index is 2.35. The van der Waals surface area contributed by atoms with E-state index in [2.05, 4.69) is 27.7 Å². The maximum atomic E-state index is 2.35. The number of hydrogen-bond acceptors (Lipinski definition) is 0. The molecule has 0 saturated heterocycles. The van der Waals surface area contributed by atoms with Crippen LogP contribution in [0.4, 0.5) is 0 Å². The summed E-state index contributed by atoms with van der Waals surface area (Å²) in [4.78, 5) is 0. The lowest BCUT2D eigenvalue weighted by atomic mass is 9.88. The highest BCUT2D eigenvalue weighted by Crippen LogP contribution is 2.27. The average Bonchev–Trinajstić information content (AvgIpc) is 3.00. The minimum atomic E-state index is 1.03. The molecule has 0 aliphatic rings. The Morgan fingerprint density at radius 2 is 0.333 bits per heavy atom. The first-order valence-corrected chi connectivity index (χ1v) is 20.8. The molecule has 0 aromatic heterocycles. The lowest BCUT2D eigenvalue weighted by Gasteiger charge is -2.18. The van der Waals surface area contributed by atoms with Crippen LogP contribution in [0.25, 0.3) is 0 Å². The Hall–Kier alpha value is 0. The van der Waals surface area contributed by atoms with Crippen LogP contribution in [0.3, 0.4) is 0 Å². The van der Waals surface area contributed by atoms with E-state index in [0.29, 0.717) is 0 Å². The molecule has 0 spiro atoms. The minimum Gasteiger partial charge on any atom is -0.0654 e. The van der Waals surface area contributed by atoms with Gasteiger partial charge in [0, 0.05) is 0 Å². The third-order valence-electron chi connectivity index (χ3n) is 10.3. The van der Waals surface area contributed by atoms with Crippen LogP contribution in [0.2, 0.25) is 0 Å². The first-order valence-electron chi connectivity index (χ1n) is 20.8. The molecule has 0 heterocycles. The molecule has 2 atom stereocenters. The highest BCUT2D eigenvalue weighted by Gasteiger charge is 2.10. The van der Waals surface area contributed by atoms with Gasteiger partial charge in [0.05, 0.1) is 0 Å². The van der Waals surface area contributed by atoms with Crippen molar-refractivity contribution >= 4 is 0 Å². The van der Waals surface area contributed by atoms with Crippen LogP contribution < -0.4 is 0 Å². The Morgan fingerprint density at radius 1 is 0.190 bits per heavy atom. The van der Waals surface area contributed by atoms with Gasteiger partial charge in [0.1, 0.15) is 0 Å². The fraction of sp³-hybridized carbons (Fsp3) is 1.00. The molecule has 0 amide bonds. The molecule has 0 heteroatoms. The molecule has 0 aromatic carbocycles. The van der Waals surface area contributed by atoms with Crippen molar-refractivity contribution in [1.29, 1.82) is 0 Å². The minimum absolute atomic E-state index is 1.03. The van der Waals surface area contributed by atoms with Crippen LogP contribution >= 0.6 is 0 Å². The smallest absolute Gasteiger partial charge is 0.0414 e. The lowest BCUT2D eigenvalue weighted by molar-refractivity contribution is 0.356. The van der Waals surface area contributed by atoms with Crippen molar-refractivity contribution in [3.05, 3.63) is 0 Å². The van der Waals surface area contributed by atoms with Crippen LogP contribution in [-0.4, -0.2) is 0 Å². The van der Waals surface area contributed by atoms with Crippen molar-refractivity contribution in [2.24, 2.45) is 11.8 Å². The molecule has 0 aliphatic carbocycles. The molecule has 42 heavy (non-hydrogen) atoms. The number of hydrogen-bond donors (Lipinski definition) is 0. The summed E-state index contributed by atoms with van der Waals surface area (Å²) in [5, 5.41) is 0. The van der Waals surface area contributed by atoms with Gasteiger partial charge in [-0.15, -0.1) is 0 Å². The Morgan fingerprint density at radius 3 is 0.524 bits per heavy atom. The highest BCUT2D eigenvalue weighted by molar-refractivity contribution is 4.64. The van der Waals surface area contributed by atoms with Crippen molar-refractivity contribution in [3.8, 4) is 0 Å². The van der Waals surface area contributed by atoms with E-state index < -0.39 is 0 Å². The van der Waals surface area contributed by atoms with E-state index in [1.54, 1.807) is 0 Å². The molecule has 2 unspecified atom stereocenters. The van der Waals surface area contributed by atoms with Crippen molar-refractivity contribution in [1.82, 2.24) is 0 Å². The second kappa shape index (κ2) is 37.2. The largest absolute Gasteiger partial charge is 0.0654 e. The van der Waals surface area contributed by atoms with Crippen LogP contribution in [0, 0.1) is 11.8 Å². The molecule has 0 bridgehead atoms. The van der Waals surface area contributed by atoms with E-state index >= 15 is 0 Å². The van der Waals surface area contributed by atoms with E-state index in [1.165, 1.54) is 231 Å². The fourth-order valence-corrected chi connectivity index (χ4v) is 7.29. The third kappa shape index (κ3) is 32.9. The van der Waals surface area contributed by atoms with Gasteiger partial charge in [-0.2, -0.15) is 0 Å². The van der Waals surface area contributed by atoms with E-state index in [9.17, 15) is 0 Å². The van der Waals surface area contributed by atoms with E-state index in [-0.39, 0.29) is 0 Å². The average molecular weight is 591 g/mol. The quantitative estimate of drug-likeness (QED) is 0.0631. The summed E-state index contributed by atoms with van der Waals surface area (Å²) >= 11 is 0. The first-order chi connectivity index (χ1) is 20.8. The first kappa shape index (κ1) is 42.0. The molecule has 0 N–H and O–H groups in total. The monoisotopic (exact) mass is 591 g/mol. The molecule has 254 valence electrons. The number of unbranched alkanes of at least 4 members (excludes halogenated alkanes) is 25. The summed E-state index contributed by atoms with van der Waals surface area (Å²) in [5.74, 6) is 2.07. The van der Waals surface area contributed by atoms with Crippen molar-refractivity contribution in [2.45, 2.75) is 259 Å². The standard InChI is InChI=1S/C42H86/c1-5-9-13-17-19-21-25-31-37-41(35-29-16-12-8-4)39-33-27-23-28-34-40-42(36-30-24-15-11-7-3)38-32-26-22-20-18-14-10-6-2/h41-42H,5-40H2,1-4H3. The van der Waals surface area contributed by atoms with Crippen LogP contribution in [0.1, 0.15) is 259 Å². The zero-order valence-electron chi connectivity index (χ0n) is 30.6. The van der Waals surface area contributed by atoms with Gasteiger partial charge in [-0.25, -0.2) is 0 Å². The van der Waals surface area contributed by atoms with Crippen LogP contribution in [0.15, 0.2) is 0 Å². The van der Waals surface area contributed by atoms with Gasteiger partial charge in [-0.1, -0.05) is 259 Å². The summed E-state index contributed by atoms with van der Waals surface area (Å²) < 4.78 is 0. The van der Waals surface area contributed by atoms with Crippen molar-refractivity contribution in [2.75, 3.05) is 0 Å². The molecule has 0 saturated carbocycles. The molecule has 0 aliphatic heterocycles. The van der Waals surface area contributed by atoms with Crippen LogP contribution in [-0.2, 0) is 0 Å². The van der Waals surface area contributed by atoms with E-state index in [1.807, 2.05) is 0 Å². The molecule has 0 fully saturated rings. The van der Waals surface area contributed by atoms with Gasteiger partial charge in [-0.05, 0) is 11.8 Å². The lowest BCUT2D eigenvalue weighted by Crippen LogP contribution is -2.02. The van der Waals surface area contributed by atoms with E-state index in [4.69, 9.17) is 0 Å². The van der Waals surface area contributed by atoms with Gasteiger partial charge < -0.3 is 0 Å². The van der Waals surface area contributed by atoms with Gasteiger partial charge in [-0.3, -0.25) is 0 Å². The number of rotatable bonds is 37. The topological polar surface area (TPSA) is 0 Å². The van der Waals surface area contributed by atoms with Gasteiger partial charge in [0.25, 0.3) is 0 Å². The third-order valence-corrected chi connectivity index (χ3v) is 10.3. The zero-order valence-corrected chi connectivity index (χ0v) is 30.6. The maximum Gasteiger partial charge on any atom is -0.0414 e. The summed E-state index contributed by atoms with van der Waals surface area (Å²) in [5.41, 5.74) is 0. The zero-order chi connectivity index (χ0) is 30.6. The van der Waals surface area contributed by atoms with E-state index in [0.717, 1.165) is 11.8 Å². The molecular weight excluding hydrogens is 504 g/mol. The Labute approximate surface area is 270 Å². The van der Waals surface area contributed by atoms with Crippen molar-refractivity contribution in [3.63, 3.8) is 0 Å². The summed E-state index contributed by atoms with van der Waals surface area (Å²) in [7, 11) is 0. The van der Waals surface area contributed by atoms with Crippen LogP contribution in [0.5, 0.6) is 0 Å².